The van der Waals surface area contributed by atoms with Crippen molar-refractivity contribution in [3.8, 4) is 0 Å². The summed E-state index contributed by atoms with van der Waals surface area (Å²) in [6, 6.07) is -0.712. The summed E-state index contributed by atoms with van der Waals surface area (Å²) in [5, 5.41) is 11.9. The highest BCUT2D eigenvalue weighted by molar-refractivity contribution is 5.84. The van der Waals surface area contributed by atoms with Crippen LogP contribution in [0.1, 0.15) is 46.0 Å². The van der Waals surface area contributed by atoms with Gasteiger partial charge in [-0.3, -0.25) is 9.59 Å². The normalized spacial score (nSPS) is 22.4. The number of amides is 2. The monoisotopic (exact) mass is 284 g/mol. The molecule has 0 saturated carbocycles. The Kier molecular flexibility index (Phi) is 6.48. The number of piperidine rings is 1. The van der Waals surface area contributed by atoms with Crippen LogP contribution in [0.3, 0.4) is 0 Å². The van der Waals surface area contributed by atoms with Crippen LogP contribution in [0.15, 0.2) is 0 Å². The molecule has 2 unspecified atom stereocenters. The van der Waals surface area contributed by atoms with Crippen molar-refractivity contribution in [2.75, 3.05) is 13.1 Å². The van der Waals surface area contributed by atoms with Crippen LogP contribution in [0.25, 0.3) is 0 Å². The van der Waals surface area contributed by atoms with Crippen LogP contribution in [0, 0.1) is 5.92 Å². The van der Waals surface area contributed by atoms with Gasteiger partial charge in [0.2, 0.25) is 11.8 Å². The molecule has 2 atom stereocenters. The third kappa shape index (κ3) is 4.83. The molecule has 1 saturated heterocycles. The number of carbonyl (C=O) groups excluding carboxylic acids is 2. The molecule has 20 heavy (non-hydrogen) atoms. The van der Waals surface area contributed by atoms with Gasteiger partial charge in [0.05, 0.1) is 0 Å². The topological polar surface area (TPSA) is 86.7 Å². The molecule has 2 N–H and O–H groups in total. The predicted octanol–water partition coefficient (Wildman–Crippen LogP) is 1.00. The number of carbonyl (C=O) groups is 3. The zero-order valence-electron chi connectivity index (χ0n) is 12.2. The maximum Gasteiger partial charge on any atom is 0.326 e. The quantitative estimate of drug-likeness (QED) is 0.762. The Balaban J connectivity index is 2.44. The highest BCUT2D eigenvalue weighted by Gasteiger charge is 2.34. The number of likely N-dealkylation sites (tertiary alicyclic amines) is 1. The molecule has 6 nitrogen and oxygen atoms in total. The third-order valence-corrected chi connectivity index (χ3v) is 3.64. The van der Waals surface area contributed by atoms with Gasteiger partial charge in [-0.05, 0) is 32.1 Å². The fraction of sp³-hybridized carbons (Fsp3) is 0.786. The van der Waals surface area contributed by atoms with Crippen molar-refractivity contribution in [1.82, 2.24) is 10.2 Å². The highest BCUT2D eigenvalue weighted by Crippen LogP contribution is 2.23. The van der Waals surface area contributed by atoms with Crippen LogP contribution < -0.4 is 5.32 Å². The van der Waals surface area contributed by atoms with Crippen molar-refractivity contribution in [2.24, 2.45) is 5.92 Å². The second-order valence-corrected chi connectivity index (χ2v) is 5.38. The lowest BCUT2D eigenvalue weighted by molar-refractivity contribution is -0.153. The highest BCUT2D eigenvalue weighted by atomic mass is 16.4. The van der Waals surface area contributed by atoms with Crippen LogP contribution >= 0.6 is 0 Å². The molecular weight excluding hydrogens is 260 g/mol. The smallest absolute Gasteiger partial charge is 0.326 e. The number of aliphatic carboxylic acids is 1. The van der Waals surface area contributed by atoms with Crippen molar-refractivity contribution in [3.05, 3.63) is 0 Å². The molecule has 1 heterocycles. The van der Waals surface area contributed by atoms with E-state index in [1.807, 2.05) is 13.8 Å². The number of nitrogens with one attached hydrogen (secondary N) is 1. The molecule has 1 fully saturated rings. The summed E-state index contributed by atoms with van der Waals surface area (Å²) in [5.41, 5.74) is 0. The molecule has 0 spiro atoms. The van der Waals surface area contributed by atoms with Gasteiger partial charge >= 0.3 is 5.97 Å². The van der Waals surface area contributed by atoms with Crippen LogP contribution in [-0.2, 0) is 14.4 Å². The molecule has 0 aromatic heterocycles. The van der Waals surface area contributed by atoms with E-state index in [0.717, 1.165) is 6.42 Å². The second-order valence-electron chi connectivity index (χ2n) is 5.38. The zero-order valence-corrected chi connectivity index (χ0v) is 12.2. The lowest BCUT2D eigenvalue weighted by Gasteiger charge is -2.36. The van der Waals surface area contributed by atoms with Crippen LogP contribution in [0.4, 0.5) is 0 Å². The Morgan fingerprint density at radius 3 is 2.60 bits per heavy atom. The number of rotatable bonds is 6. The fourth-order valence-corrected chi connectivity index (χ4v) is 2.50. The van der Waals surface area contributed by atoms with Crippen molar-refractivity contribution in [1.29, 1.82) is 0 Å². The molecule has 0 aromatic carbocycles. The minimum atomic E-state index is -0.936. The average molecular weight is 284 g/mol. The van der Waals surface area contributed by atoms with Crippen molar-refractivity contribution in [3.63, 3.8) is 0 Å². The maximum atomic E-state index is 12.1. The van der Waals surface area contributed by atoms with Gasteiger partial charge in [0.25, 0.3) is 0 Å². The molecule has 0 aromatic rings. The van der Waals surface area contributed by atoms with Crippen LogP contribution in [-0.4, -0.2) is 46.9 Å². The molecule has 0 bridgehead atoms. The van der Waals surface area contributed by atoms with Gasteiger partial charge in [-0.25, -0.2) is 4.79 Å². The predicted molar refractivity (Wildman–Crippen MR) is 74.1 cm³/mol. The Labute approximate surface area is 119 Å². The van der Waals surface area contributed by atoms with E-state index in [4.69, 9.17) is 0 Å². The average Bonchev–Trinajstić information content (AvgIpc) is 2.38. The Morgan fingerprint density at radius 2 is 2.00 bits per heavy atom. The molecule has 0 radical (unpaired) electrons. The van der Waals surface area contributed by atoms with E-state index in [0.29, 0.717) is 38.3 Å². The van der Waals surface area contributed by atoms with E-state index in [-0.39, 0.29) is 18.2 Å². The van der Waals surface area contributed by atoms with Gasteiger partial charge in [0.15, 0.2) is 0 Å². The minimum absolute atomic E-state index is 0.0673. The number of hydrogen-bond donors (Lipinski definition) is 2. The van der Waals surface area contributed by atoms with E-state index in [1.54, 1.807) is 0 Å². The number of hydrogen-bond acceptors (Lipinski definition) is 3. The lowest BCUT2D eigenvalue weighted by Crippen LogP contribution is -2.49. The standard InChI is InChI=1S/C14H24N2O4/c1-3-15-12(17)5-4-6-13(18)16-8-7-10(2)9-11(16)14(19)20/h10-11H,3-9H2,1-2H3,(H,15,17)(H,19,20). The Bertz CT molecular complexity index is 370. The van der Waals surface area contributed by atoms with Crippen molar-refractivity contribution >= 4 is 17.8 Å². The Hall–Kier alpha value is -1.59. The van der Waals surface area contributed by atoms with Gasteiger partial charge in [-0.1, -0.05) is 6.92 Å². The molecule has 0 aliphatic carbocycles. The SMILES string of the molecule is CCNC(=O)CCCC(=O)N1CCC(C)CC1C(=O)O. The van der Waals surface area contributed by atoms with E-state index in [2.05, 4.69) is 5.32 Å². The molecule has 114 valence electrons. The van der Waals surface area contributed by atoms with Gasteiger partial charge in [-0.2, -0.15) is 0 Å². The first kappa shape index (κ1) is 16.5. The molecular formula is C14H24N2O4. The number of carboxylic acids is 1. The fourth-order valence-electron chi connectivity index (χ4n) is 2.50. The summed E-state index contributed by atoms with van der Waals surface area (Å²) in [6.45, 7) is 4.93. The summed E-state index contributed by atoms with van der Waals surface area (Å²) in [4.78, 5) is 36.1. The molecule has 2 amide bonds. The van der Waals surface area contributed by atoms with Crippen LogP contribution in [0.2, 0.25) is 0 Å². The van der Waals surface area contributed by atoms with Gasteiger partial charge < -0.3 is 15.3 Å². The summed E-state index contributed by atoms with van der Waals surface area (Å²) >= 11 is 0. The second kappa shape index (κ2) is 7.87. The van der Waals surface area contributed by atoms with E-state index >= 15 is 0 Å². The summed E-state index contributed by atoms with van der Waals surface area (Å²) in [7, 11) is 0. The molecule has 1 aliphatic rings. The van der Waals surface area contributed by atoms with E-state index in [1.165, 1.54) is 4.90 Å². The Morgan fingerprint density at radius 1 is 1.30 bits per heavy atom. The maximum absolute atomic E-state index is 12.1. The molecule has 1 rings (SSSR count). The first-order valence-corrected chi connectivity index (χ1v) is 7.24. The zero-order chi connectivity index (χ0) is 15.1. The first-order chi connectivity index (χ1) is 9.45. The summed E-state index contributed by atoms with van der Waals surface area (Å²) in [6.07, 6.45) is 2.35. The molecule has 6 heteroatoms. The van der Waals surface area contributed by atoms with E-state index in [9.17, 15) is 19.5 Å². The third-order valence-electron chi connectivity index (χ3n) is 3.64. The minimum Gasteiger partial charge on any atom is -0.480 e. The largest absolute Gasteiger partial charge is 0.480 e. The van der Waals surface area contributed by atoms with Crippen molar-refractivity contribution < 1.29 is 19.5 Å². The van der Waals surface area contributed by atoms with Crippen molar-refractivity contribution in [2.45, 2.75) is 52.0 Å². The van der Waals surface area contributed by atoms with Gasteiger partial charge in [0, 0.05) is 25.9 Å². The number of carboxylic acid groups (broad SMARTS) is 1. The van der Waals surface area contributed by atoms with Gasteiger partial charge in [-0.15, -0.1) is 0 Å². The number of nitrogens with zero attached hydrogens (tertiary/aromatic N) is 1. The lowest BCUT2D eigenvalue weighted by atomic mass is 9.92. The summed E-state index contributed by atoms with van der Waals surface area (Å²) in [5.74, 6) is -0.833. The van der Waals surface area contributed by atoms with Crippen LogP contribution in [0.5, 0.6) is 0 Å². The summed E-state index contributed by atoms with van der Waals surface area (Å²) < 4.78 is 0. The first-order valence-electron chi connectivity index (χ1n) is 7.24. The molecule has 1 aliphatic heterocycles. The van der Waals surface area contributed by atoms with E-state index < -0.39 is 12.0 Å². The van der Waals surface area contributed by atoms with Gasteiger partial charge in [0.1, 0.15) is 6.04 Å².